The normalized spacial score (nSPS) is 13.2. The lowest BCUT2D eigenvalue weighted by atomic mass is 10.3. The van der Waals surface area contributed by atoms with Gasteiger partial charge in [-0.05, 0) is 24.3 Å². The Hall–Kier alpha value is -1.63. The van der Waals surface area contributed by atoms with Crippen LogP contribution >= 0.6 is 35.0 Å². The van der Waals surface area contributed by atoms with Gasteiger partial charge in [0.2, 0.25) is 5.91 Å². The van der Waals surface area contributed by atoms with E-state index in [-0.39, 0.29) is 11.7 Å². The van der Waals surface area contributed by atoms with Gasteiger partial charge in [0.25, 0.3) is 0 Å². The summed E-state index contributed by atoms with van der Waals surface area (Å²) >= 11 is 13.2. The van der Waals surface area contributed by atoms with Crippen molar-refractivity contribution >= 4 is 46.7 Å². The highest BCUT2D eigenvalue weighted by molar-refractivity contribution is 8.00. The lowest BCUT2D eigenvalue weighted by Gasteiger charge is -2.09. The first-order valence-corrected chi connectivity index (χ1v) is 8.99. The van der Waals surface area contributed by atoms with E-state index in [1.807, 2.05) is 18.2 Å². The minimum absolute atomic E-state index is 0.205. The molecule has 0 atom stereocenters. The molecule has 0 spiro atoms. The highest BCUT2D eigenvalue weighted by Crippen LogP contribution is 2.34. The van der Waals surface area contributed by atoms with E-state index in [4.69, 9.17) is 32.7 Å². The zero-order valence-electron chi connectivity index (χ0n) is 12.6. The zero-order chi connectivity index (χ0) is 16.9. The van der Waals surface area contributed by atoms with Gasteiger partial charge in [0, 0.05) is 17.5 Å². The third-order valence-corrected chi connectivity index (χ3v) is 4.64. The van der Waals surface area contributed by atoms with Gasteiger partial charge in [0.1, 0.15) is 0 Å². The molecule has 5 nitrogen and oxygen atoms in total. The molecule has 0 radical (unpaired) electrons. The molecule has 0 saturated heterocycles. The van der Waals surface area contributed by atoms with Gasteiger partial charge in [0.05, 0.1) is 29.0 Å². The summed E-state index contributed by atoms with van der Waals surface area (Å²) in [5.41, 5.74) is 0. The highest BCUT2D eigenvalue weighted by atomic mass is 35.5. The van der Waals surface area contributed by atoms with E-state index < -0.39 is 0 Å². The fraction of sp³-hybridized carbons (Fsp3) is 0.250. The number of halogens is 2. The van der Waals surface area contributed by atoms with E-state index in [2.05, 4.69) is 10.3 Å². The van der Waals surface area contributed by atoms with E-state index in [9.17, 15) is 4.79 Å². The Morgan fingerprint density at radius 3 is 2.79 bits per heavy atom. The summed E-state index contributed by atoms with van der Waals surface area (Å²) in [5, 5.41) is 3.38. The fourth-order valence-corrected chi connectivity index (χ4v) is 3.21. The first-order valence-electron chi connectivity index (χ1n) is 7.25. The zero-order valence-corrected chi connectivity index (χ0v) is 14.9. The quantitative estimate of drug-likeness (QED) is 0.796. The van der Waals surface area contributed by atoms with Crippen molar-refractivity contribution in [2.75, 3.05) is 24.3 Å². The van der Waals surface area contributed by atoms with Crippen LogP contribution in [0, 0.1) is 0 Å². The Kier molecular flexibility index (Phi) is 5.71. The van der Waals surface area contributed by atoms with Gasteiger partial charge < -0.3 is 14.8 Å². The lowest BCUT2D eigenvalue weighted by molar-refractivity contribution is -0.113. The Bertz CT molecular complexity index is 758. The molecule has 2 heterocycles. The molecule has 24 heavy (non-hydrogen) atoms. The number of aromatic nitrogens is 1. The van der Waals surface area contributed by atoms with Crippen LogP contribution < -0.4 is 14.8 Å². The Morgan fingerprint density at radius 2 is 2.00 bits per heavy atom. The van der Waals surface area contributed by atoms with Gasteiger partial charge in [-0.25, -0.2) is 4.98 Å². The largest absolute Gasteiger partial charge is 0.490 e. The topological polar surface area (TPSA) is 60.5 Å². The van der Waals surface area contributed by atoms with Crippen molar-refractivity contribution in [2.24, 2.45) is 0 Å². The number of hydrogen-bond acceptors (Lipinski definition) is 5. The number of carbonyl (C=O) groups is 1. The lowest BCUT2D eigenvalue weighted by Crippen LogP contribution is -2.15. The Balaban J connectivity index is 1.59. The highest BCUT2D eigenvalue weighted by Gasteiger charge is 2.12. The van der Waals surface area contributed by atoms with Crippen molar-refractivity contribution in [1.82, 2.24) is 4.98 Å². The van der Waals surface area contributed by atoms with Crippen LogP contribution in [0.3, 0.4) is 0 Å². The number of fused-ring (bicyclic) bond motifs is 1. The first-order chi connectivity index (χ1) is 11.6. The predicted molar refractivity (Wildman–Crippen MR) is 95.7 cm³/mol. The minimum atomic E-state index is -0.205. The van der Waals surface area contributed by atoms with Crippen LogP contribution in [0.15, 0.2) is 35.4 Å². The maximum absolute atomic E-state index is 12.0. The van der Waals surface area contributed by atoms with Crippen molar-refractivity contribution in [3.63, 3.8) is 0 Å². The van der Waals surface area contributed by atoms with Crippen molar-refractivity contribution in [3.05, 3.63) is 40.5 Å². The van der Waals surface area contributed by atoms with E-state index in [0.29, 0.717) is 34.8 Å². The Morgan fingerprint density at radius 1 is 1.21 bits per heavy atom. The molecule has 1 N–H and O–H groups in total. The molecule has 3 rings (SSSR count). The molecule has 0 fully saturated rings. The number of nitrogens with zero attached hydrogens (tertiary/aromatic N) is 1. The smallest absolute Gasteiger partial charge is 0.235 e. The van der Waals surface area contributed by atoms with E-state index in [1.54, 1.807) is 0 Å². The van der Waals surface area contributed by atoms with Crippen LogP contribution in [0.4, 0.5) is 5.82 Å². The van der Waals surface area contributed by atoms with Gasteiger partial charge in [0.15, 0.2) is 17.3 Å². The summed E-state index contributed by atoms with van der Waals surface area (Å²) in [6, 6.07) is 7.17. The number of anilines is 1. The maximum atomic E-state index is 12.0. The fourth-order valence-electron chi connectivity index (χ4n) is 2.06. The number of pyridine rings is 1. The SMILES string of the molecule is O=C(CSc1ccc2c(c1)OCCCO2)Nc1ncc(Cl)cc1Cl. The molecule has 1 aliphatic heterocycles. The molecule has 126 valence electrons. The van der Waals surface area contributed by atoms with Crippen molar-refractivity contribution in [1.29, 1.82) is 0 Å². The van der Waals surface area contributed by atoms with Crippen molar-refractivity contribution in [3.8, 4) is 11.5 Å². The summed E-state index contributed by atoms with van der Waals surface area (Å²) in [6.07, 6.45) is 2.29. The predicted octanol–water partition coefficient (Wildman–Crippen LogP) is 4.28. The van der Waals surface area contributed by atoms with Crippen molar-refractivity contribution in [2.45, 2.75) is 11.3 Å². The molecule has 2 aromatic rings. The number of nitrogens with one attached hydrogen (secondary N) is 1. The molecule has 0 bridgehead atoms. The monoisotopic (exact) mass is 384 g/mol. The van der Waals surface area contributed by atoms with Crippen LogP contribution in [0.1, 0.15) is 6.42 Å². The van der Waals surface area contributed by atoms with Gasteiger partial charge in [-0.1, -0.05) is 23.2 Å². The van der Waals surface area contributed by atoms with Crippen LogP contribution in [0.5, 0.6) is 11.5 Å². The van der Waals surface area contributed by atoms with Gasteiger partial charge >= 0.3 is 0 Å². The summed E-state index contributed by atoms with van der Waals surface area (Å²) in [6.45, 7) is 1.28. The number of benzene rings is 1. The van der Waals surface area contributed by atoms with E-state index in [1.165, 1.54) is 24.0 Å². The number of ether oxygens (including phenoxy) is 2. The molecule has 0 aliphatic carbocycles. The average Bonchev–Trinajstić information content (AvgIpc) is 2.80. The molecule has 0 saturated carbocycles. The number of thioether (sulfide) groups is 1. The van der Waals surface area contributed by atoms with Crippen LogP contribution in [0.25, 0.3) is 0 Å². The minimum Gasteiger partial charge on any atom is -0.490 e. The standard InChI is InChI=1S/C16H14Cl2N2O3S/c17-10-6-12(18)16(19-8-10)20-15(21)9-24-11-2-3-13-14(7-11)23-5-1-4-22-13/h2-3,6-8H,1,4-5,9H2,(H,19,20,21). The van der Waals surface area contributed by atoms with Gasteiger partial charge in [-0.2, -0.15) is 0 Å². The summed E-state index contributed by atoms with van der Waals surface area (Å²) in [5.74, 6) is 1.76. The molecule has 1 aromatic carbocycles. The number of rotatable bonds is 4. The molecular weight excluding hydrogens is 371 g/mol. The molecule has 1 amide bonds. The molecule has 0 unspecified atom stereocenters. The molecule has 1 aromatic heterocycles. The van der Waals surface area contributed by atoms with Crippen LogP contribution in [-0.2, 0) is 4.79 Å². The number of carbonyl (C=O) groups excluding carboxylic acids is 1. The Labute approximate surface area is 153 Å². The second-order valence-corrected chi connectivity index (χ2v) is 6.87. The first kappa shape index (κ1) is 17.2. The van der Waals surface area contributed by atoms with Crippen molar-refractivity contribution < 1.29 is 14.3 Å². The van der Waals surface area contributed by atoms with E-state index >= 15 is 0 Å². The molecule has 8 heteroatoms. The van der Waals surface area contributed by atoms with Gasteiger partial charge in [-0.15, -0.1) is 11.8 Å². The van der Waals surface area contributed by atoms with Crippen LogP contribution in [0.2, 0.25) is 10.0 Å². The number of amides is 1. The second-order valence-electron chi connectivity index (χ2n) is 4.98. The maximum Gasteiger partial charge on any atom is 0.235 e. The third kappa shape index (κ3) is 4.47. The average molecular weight is 385 g/mol. The summed E-state index contributed by atoms with van der Waals surface area (Å²) in [4.78, 5) is 17.0. The number of hydrogen-bond donors (Lipinski definition) is 1. The van der Waals surface area contributed by atoms with E-state index in [0.717, 1.165) is 17.1 Å². The van der Waals surface area contributed by atoms with Crippen LogP contribution in [-0.4, -0.2) is 29.9 Å². The summed E-state index contributed by atoms with van der Waals surface area (Å²) in [7, 11) is 0. The second kappa shape index (κ2) is 7.96. The van der Waals surface area contributed by atoms with Gasteiger partial charge in [-0.3, -0.25) is 4.79 Å². The molecular formula is C16H14Cl2N2O3S. The summed E-state index contributed by atoms with van der Waals surface area (Å²) < 4.78 is 11.2. The third-order valence-electron chi connectivity index (χ3n) is 3.15. The molecule has 1 aliphatic rings.